The van der Waals surface area contributed by atoms with E-state index in [-0.39, 0.29) is 18.5 Å². The van der Waals surface area contributed by atoms with E-state index in [9.17, 15) is 19.8 Å². The van der Waals surface area contributed by atoms with Crippen molar-refractivity contribution in [1.82, 2.24) is 5.32 Å². The van der Waals surface area contributed by atoms with Gasteiger partial charge in [0.25, 0.3) is 0 Å². The van der Waals surface area contributed by atoms with Gasteiger partial charge in [-0.25, -0.2) is 0 Å². The molecule has 0 bridgehead atoms. The van der Waals surface area contributed by atoms with Crippen LogP contribution < -0.4 is 5.32 Å². The highest BCUT2D eigenvalue weighted by atomic mass is 16.5. The van der Waals surface area contributed by atoms with Crippen molar-refractivity contribution < 1.29 is 24.5 Å². The molecule has 0 aliphatic rings. The third-order valence-corrected chi connectivity index (χ3v) is 11.9. The third kappa shape index (κ3) is 45.6. The second kappa shape index (κ2) is 49.7. The molecular formula is C54H101NO5. The van der Waals surface area contributed by atoms with Gasteiger partial charge in [0.05, 0.1) is 25.4 Å². The van der Waals surface area contributed by atoms with Crippen molar-refractivity contribution in [1.29, 1.82) is 0 Å². The van der Waals surface area contributed by atoms with Gasteiger partial charge in [-0.05, 0) is 70.6 Å². The molecule has 6 heteroatoms. The van der Waals surface area contributed by atoms with Crippen LogP contribution in [0.25, 0.3) is 0 Å². The fraction of sp³-hybridized carbons (Fsp3) is 0.852. The monoisotopic (exact) mass is 844 g/mol. The lowest BCUT2D eigenvalue weighted by atomic mass is 10.0. The van der Waals surface area contributed by atoms with Gasteiger partial charge in [-0.3, -0.25) is 9.59 Å². The summed E-state index contributed by atoms with van der Waals surface area (Å²) in [6.45, 7) is 4.85. The molecule has 0 rings (SSSR count). The molecule has 6 nitrogen and oxygen atoms in total. The summed E-state index contributed by atoms with van der Waals surface area (Å²) >= 11 is 0. The van der Waals surface area contributed by atoms with Crippen LogP contribution >= 0.6 is 0 Å². The Hall–Kier alpha value is -1.92. The van der Waals surface area contributed by atoms with Crippen LogP contribution in [0, 0.1) is 0 Å². The van der Waals surface area contributed by atoms with Crippen LogP contribution in [0.5, 0.6) is 0 Å². The number of carbonyl (C=O) groups is 2. The normalized spacial score (nSPS) is 12.9. The first-order chi connectivity index (χ1) is 29.5. The number of hydrogen-bond donors (Lipinski definition) is 3. The standard InChI is InChI=1S/C54H101NO5/c1-3-5-7-9-11-13-15-22-26-30-34-38-42-46-52(57)51(50-56)55-53(58)47-43-39-35-31-27-24-20-18-17-19-21-25-29-33-37-41-45-49-60-54(59)48-44-40-36-32-28-23-16-14-12-10-8-6-4-2/h17,19,25,29,42,46,51-52,56-57H,3-16,18,20-24,26-28,30-41,43-45,47-50H2,1-2H3,(H,55,58)/b19-17-,29-25-,46-42+. The van der Waals surface area contributed by atoms with E-state index in [1.54, 1.807) is 6.08 Å². The summed E-state index contributed by atoms with van der Waals surface area (Å²) in [6, 6.07) is -0.639. The van der Waals surface area contributed by atoms with Gasteiger partial charge in [0.2, 0.25) is 5.91 Å². The number of aliphatic hydroxyl groups is 2. The predicted octanol–water partition coefficient (Wildman–Crippen LogP) is 15.7. The van der Waals surface area contributed by atoms with Gasteiger partial charge in [-0.15, -0.1) is 0 Å². The van der Waals surface area contributed by atoms with Crippen LogP contribution in [-0.2, 0) is 14.3 Å². The summed E-state index contributed by atoms with van der Waals surface area (Å²) in [5.74, 6) is -0.100. The molecule has 0 heterocycles. The van der Waals surface area contributed by atoms with Crippen molar-refractivity contribution in [2.24, 2.45) is 0 Å². The van der Waals surface area contributed by atoms with Crippen LogP contribution in [0.15, 0.2) is 36.5 Å². The average molecular weight is 844 g/mol. The Morgan fingerprint density at radius 2 is 0.833 bits per heavy atom. The summed E-state index contributed by atoms with van der Waals surface area (Å²) in [4.78, 5) is 24.4. The van der Waals surface area contributed by atoms with Crippen molar-refractivity contribution >= 4 is 11.9 Å². The first-order valence-corrected chi connectivity index (χ1v) is 26.3. The average Bonchev–Trinajstić information content (AvgIpc) is 3.25. The molecular weight excluding hydrogens is 743 g/mol. The molecule has 0 spiro atoms. The van der Waals surface area contributed by atoms with E-state index in [0.29, 0.717) is 19.4 Å². The summed E-state index contributed by atoms with van der Waals surface area (Å²) in [6.07, 6.45) is 60.0. The highest BCUT2D eigenvalue weighted by molar-refractivity contribution is 5.76. The number of unbranched alkanes of at least 4 members (excludes halogenated alkanes) is 33. The van der Waals surface area contributed by atoms with Crippen molar-refractivity contribution in [3.8, 4) is 0 Å². The molecule has 0 saturated heterocycles. The van der Waals surface area contributed by atoms with Gasteiger partial charge in [0, 0.05) is 12.8 Å². The van der Waals surface area contributed by atoms with Gasteiger partial charge < -0.3 is 20.3 Å². The topological polar surface area (TPSA) is 95.9 Å². The predicted molar refractivity (Wildman–Crippen MR) is 259 cm³/mol. The van der Waals surface area contributed by atoms with Crippen molar-refractivity contribution in [3.05, 3.63) is 36.5 Å². The molecule has 1 amide bonds. The zero-order valence-corrected chi connectivity index (χ0v) is 39.9. The van der Waals surface area contributed by atoms with E-state index < -0.39 is 12.1 Å². The number of nitrogens with one attached hydrogen (secondary N) is 1. The lowest BCUT2D eigenvalue weighted by Crippen LogP contribution is -2.45. The van der Waals surface area contributed by atoms with E-state index in [0.717, 1.165) is 83.5 Å². The first-order valence-electron chi connectivity index (χ1n) is 26.3. The van der Waals surface area contributed by atoms with Gasteiger partial charge >= 0.3 is 5.97 Å². The fourth-order valence-electron chi connectivity index (χ4n) is 7.84. The van der Waals surface area contributed by atoms with E-state index in [4.69, 9.17) is 4.74 Å². The van der Waals surface area contributed by atoms with Crippen LogP contribution in [0.1, 0.15) is 271 Å². The molecule has 3 N–H and O–H groups in total. The van der Waals surface area contributed by atoms with Gasteiger partial charge in [0.1, 0.15) is 0 Å². The Labute approximate surface area is 373 Å². The lowest BCUT2D eigenvalue weighted by molar-refractivity contribution is -0.143. The molecule has 2 atom stereocenters. The molecule has 0 aliphatic carbocycles. The zero-order chi connectivity index (χ0) is 43.7. The minimum Gasteiger partial charge on any atom is -0.466 e. The van der Waals surface area contributed by atoms with E-state index in [1.807, 2.05) is 6.08 Å². The number of ether oxygens (including phenoxy) is 1. The maximum Gasteiger partial charge on any atom is 0.305 e. The largest absolute Gasteiger partial charge is 0.466 e. The third-order valence-electron chi connectivity index (χ3n) is 11.9. The zero-order valence-electron chi connectivity index (χ0n) is 39.9. The smallest absolute Gasteiger partial charge is 0.305 e. The molecule has 0 fully saturated rings. The van der Waals surface area contributed by atoms with E-state index in [1.165, 1.54) is 161 Å². The van der Waals surface area contributed by atoms with Crippen molar-refractivity contribution in [3.63, 3.8) is 0 Å². The quantitative estimate of drug-likeness (QED) is 0.0322. The molecule has 0 aromatic rings. The first kappa shape index (κ1) is 58.1. The van der Waals surface area contributed by atoms with Crippen molar-refractivity contribution in [2.75, 3.05) is 13.2 Å². The number of amides is 1. The molecule has 0 saturated carbocycles. The van der Waals surface area contributed by atoms with Gasteiger partial charge in [-0.1, -0.05) is 224 Å². The van der Waals surface area contributed by atoms with Crippen molar-refractivity contribution in [2.45, 2.75) is 283 Å². The Morgan fingerprint density at radius 1 is 0.467 bits per heavy atom. The lowest BCUT2D eigenvalue weighted by Gasteiger charge is -2.20. The SMILES string of the molecule is CCCCCCCCCCCCC/C=C/C(O)C(CO)NC(=O)CCCCCCCCC/C=C\C/C=C\CCCCCOC(=O)CCCCCCCCCCCCCCC. The summed E-state index contributed by atoms with van der Waals surface area (Å²) in [5.41, 5.74) is 0. The van der Waals surface area contributed by atoms with Crippen LogP contribution in [-0.4, -0.2) is 47.4 Å². The molecule has 0 aliphatic heterocycles. The Morgan fingerprint density at radius 3 is 1.27 bits per heavy atom. The molecule has 0 aromatic heterocycles. The molecule has 0 radical (unpaired) electrons. The van der Waals surface area contributed by atoms with Gasteiger partial charge in [-0.2, -0.15) is 0 Å². The van der Waals surface area contributed by atoms with E-state index in [2.05, 4.69) is 43.5 Å². The second-order valence-corrected chi connectivity index (χ2v) is 17.9. The number of hydrogen-bond acceptors (Lipinski definition) is 5. The summed E-state index contributed by atoms with van der Waals surface area (Å²) in [7, 11) is 0. The van der Waals surface area contributed by atoms with Crippen LogP contribution in [0.4, 0.5) is 0 Å². The fourth-order valence-corrected chi connectivity index (χ4v) is 7.84. The maximum atomic E-state index is 12.4. The number of esters is 1. The van der Waals surface area contributed by atoms with Gasteiger partial charge in [0.15, 0.2) is 0 Å². The highest BCUT2D eigenvalue weighted by Crippen LogP contribution is 2.15. The number of allylic oxidation sites excluding steroid dienone is 5. The Balaban J connectivity index is 3.53. The number of rotatable bonds is 48. The number of carbonyl (C=O) groups excluding carboxylic acids is 2. The highest BCUT2D eigenvalue weighted by Gasteiger charge is 2.18. The molecule has 2 unspecified atom stereocenters. The minimum absolute atomic E-state index is 0.0155. The summed E-state index contributed by atoms with van der Waals surface area (Å²) < 4.78 is 5.44. The summed E-state index contributed by atoms with van der Waals surface area (Å²) in [5, 5.41) is 23.0. The number of aliphatic hydroxyl groups excluding tert-OH is 2. The molecule has 60 heavy (non-hydrogen) atoms. The Kier molecular flexibility index (Phi) is 48.1. The van der Waals surface area contributed by atoms with Crippen LogP contribution in [0.2, 0.25) is 0 Å². The second-order valence-electron chi connectivity index (χ2n) is 17.9. The Bertz CT molecular complexity index is 977. The van der Waals surface area contributed by atoms with E-state index >= 15 is 0 Å². The molecule has 0 aromatic carbocycles. The van der Waals surface area contributed by atoms with Crippen LogP contribution in [0.3, 0.4) is 0 Å². The molecule has 352 valence electrons. The minimum atomic E-state index is -0.854. The maximum absolute atomic E-state index is 12.4.